The van der Waals surface area contributed by atoms with Crippen LogP contribution in [0.15, 0.2) is 48.5 Å². The summed E-state index contributed by atoms with van der Waals surface area (Å²) in [6, 6.07) is 16.1. The maximum atomic E-state index is 5.95. The first-order valence-corrected chi connectivity index (χ1v) is 6.33. The molecule has 0 aliphatic heterocycles. The summed E-state index contributed by atoms with van der Waals surface area (Å²) in [4.78, 5) is 0. The summed E-state index contributed by atoms with van der Waals surface area (Å²) in [5.41, 5.74) is 4.28. The fourth-order valence-electron chi connectivity index (χ4n) is 2.04. The maximum absolute atomic E-state index is 5.95. The number of alkyl halides is 1. The number of aromatic nitrogens is 3. The van der Waals surface area contributed by atoms with E-state index >= 15 is 0 Å². The molecule has 4 heteroatoms. The molecule has 0 unspecified atom stereocenters. The standard InChI is InChI=1S/C14H12ClN3/c15-9-11-5-1-2-6-12(11)10-18-14-8-4-3-7-13(14)16-17-18/h1-8H,9-10H2. The summed E-state index contributed by atoms with van der Waals surface area (Å²) < 4.78 is 1.90. The number of hydrogen-bond acceptors (Lipinski definition) is 2. The highest BCUT2D eigenvalue weighted by Crippen LogP contribution is 2.16. The summed E-state index contributed by atoms with van der Waals surface area (Å²) in [5.74, 6) is 0.517. The summed E-state index contributed by atoms with van der Waals surface area (Å²) in [5, 5.41) is 8.34. The molecule has 0 saturated heterocycles. The summed E-state index contributed by atoms with van der Waals surface area (Å²) in [6.45, 7) is 0.698. The van der Waals surface area contributed by atoms with Gasteiger partial charge in [0.05, 0.1) is 12.1 Å². The minimum absolute atomic E-state index is 0.517. The number of benzene rings is 2. The lowest BCUT2D eigenvalue weighted by molar-refractivity contribution is 0.667. The molecule has 0 atom stereocenters. The van der Waals surface area contributed by atoms with Crippen LogP contribution in [-0.2, 0) is 12.4 Å². The molecule has 18 heavy (non-hydrogen) atoms. The first-order valence-electron chi connectivity index (χ1n) is 5.79. The largest absolute Gasteiger partial charge is 0.240 e. The Balaban J connectivity index is 2.01. The van der Waals surface area contributed by atoms with E-state index < -0.39 is 0 Å². The Labute approximate surface area is 110 Å². The Morgan fingerprint density at radius 2 is 1.67 bits per heavy atom. The first kappa shape index (κ1) is 11.2. The molecule has 0 amide bonds. The van der Waals surface area contributed by atoms with Crippen LogP contribution in [0, 0.1) is 0 Å². The van der Waals surface area contributed by atoms with Gasteiger partial charge in [-0.15, -0.1) is 16.7 Å². The third-order valence-corrected chi connectivity index (χ3v) is 3.29. The van der Waals surface area contributed by atoms with Gasteiger partial charge in [-0.2, -0.15) is 0 Å². The molecule has 0 aliphatic carbocycles. The normalized spacial score (nSPS) is 10.9. The number of nitrogens with zero attached hydrogens (tertiary/aromatic N) is 3. The lowest BCUT2D eigenvalue weighted by Crippen LogP contribution is -2.04. The van der Waals surface area contributed by atoms with E-state index in [4.69, 9.17) is 11.6 Å². The van der Waals surface area contributed by atoms with Crippen LogP contribution in [-0.4, -0.2) is 15.0 Å². The van der Waals surface area contributed by atoms with Gasteiger partial charge in [0.1, 0.15) is 5.52 Å². The Hall–Kier alpha value is -1.87. The van der Waals surface area contributed by atoms with E-state index in [0.29, 0.717) is 12.4 Å². The minimum atomic E-state index is 0.517. The average molecular weight is 258 g/mol. The number of rotatable bonds is 3. The molecule has 3 aromatic rings. The average Bonchev–Trinajstić information content (AvgIpc) is 2.83. The van der Waals surface area contributed by atoms with Crippen LogP contribution < -0.4 is 0 Å². The fourth-order valence-corrected chi connectivity index (χ4v) is 2.30. The Morgan fingerprint density at radius 1 is 0.944 bits per heavy atom. The van der Waals surface area contributed by atoms with Gasteiger partial charge in [-0.25, -0.2) is 4.68 Å². The molecule has 1 heterocycles. The molecule has 2 aromatic carbocycles. The van der Waals surface area contributed by atoms with Gasteiger partial charge in [0.2, 0.25) is 0 Å². The van der Waals surface area contributed by atoms with Gasteiger partial charge in [-0.3, -0.25) is 0 Å². The van der Waals surface area contributed by atoms with Crippen LogP contribution in [0.2, 0.25) is 0 Å². The van der Waals surface area contributed by atoms with E-state index in [2.05, 4.69) is 16.4 Å². The van der Waals surface area contributed by atoms with Crippen molar-refractivity contribution in [3.05, 3.63) is 59.7 Å². The van der Waals surface area contributed by atoms with E-state index in [0.717, 1.165) is 16.6 Å². The zero-order valence-corrected chi connectivity index (χ0v) is 10.5. The second-order valence-corrected chi connectivity index (χ2v) is 4.41. The summed E-state index contributed by atoms with van der Waals surface area (Å²) >= 11 is 5.95. The zero-order valence-electron chi connectivity index (χ0n) is 9.75. The number of hydrogen-bond donors (Lipinski definition) is 0. The number of para-hydroxylation sites is 1. The third kappa shape index (κ3) is 1.97. The number of halogens is 1. The second kappa shape index (κ2) is 4.78. The highest BCUT2D eigenvalue weighted by molar-refractivity contribution is 6.17. The van der Waals surface area contributed by atoms with Crippen LogP contribution in [0.4, 0.5) is 0 Å². The topological polar surface area (TPSA) is 30.7 Å². The highest BCUT2D eigenvalue weighted by atomic mass is 35.5. The lowest BCUT2D eigenvalue weighted by Gasteiger charge is -2.07. The van der Waals surface area contributed by atoms with E-state index in [1.807, 2.05) is 47.1 Å². The Bertz CT molecular complexity index is 675. The van der Waals surface area contributed by atoms with Crippen molar-refractivity contribution < 1.29 is 0 Å². The molecule has 3 nitrogen and oxygen atoms in total. The molecule has 3 rings (SSSR count). The van der Waals surface area contributed by atoms with Crippen molar-refractivity contribution in [2.24, 2.45) is 0 Å². The Kier molecular flexibility index (Phi) is 2.99. The van der Waals surface area contributed by atoms with Gasteiger partial charge in [-0.1, -0.05) is 41.6 Å². The molecule has 0 saturated carbocycles. The predicted octanol–water partition coefficient (Wildman–Crippen LogP) is 3.22. The first-order chi connectivity index (χ1) is 8.88. The van der Waals surface area contributed by atoms with Crippen LogP contribution >= 0.6 is 11.6 Å². The van der Waals surface area contributed by atoms with Crippen molar-refractivity contribution in [3.63, 3.8) is 0 Å². The fraction of sp³-hybridized carbons (Fsp3) is 0.143. The van der Waals surface area contributed by atoms with Crippen molar-refractivity contribution in [3.8, 4) is 0 Å². The quantitative estimate of drug-likeness (QED) is 0.675. The van der Waals surface area contributed by atoms with Crippen molar-refractivity contribution in [1.29, 1.82) is 0 Å². The molecular formula is C14H12ClN3. The highest BCUT2D eigenvalue weighted by Gasteiger charge is 2.06. The molecule has 0 N–H and O–H groups in total. The summed E-state index contributed by atoms with van der Waals surface area (Å²) in [6.07, 6.45) is 0. The molecule has 0 aliphatic rings. The summed E-state index contributed by atoms with van der Waals surface area (Å²) in [7, 11) is 0. The van der Waals surface area contributed by atoms with Crippen LogP contribution in [0.5, 0.6) is 0 Å². The number of fused-ring (bicyclic) bond motifs is 1. The van der Waals surface area contributed by atoms with E-state index in [1.165, 1.54) is 5.56 Å². The van der Waals surface area contributed by atoms with E-state index in [1.54, 1.807) is 0 Å². The van der Waals surface area contributed by atoms with E-state index in [-0.39, 0.29) is 0 Å². The van der Waals surface area contributed by atoms with Crippen molar-refractivity contribution in [2.45, 2.75) is 12.4 Å². The van der Waals surface area contributed by atoms with Crippen LogP contribution in [0.25, 0.3) is 11.0 Å². The monoisotopic (exact) mass is 257 g/mol. The van der Waals surface area contributed by atoms with Gasteiger partial charge in [0, 0.05) is 5.88 Å². The smallest absolute Gasteiger partial charge is 0.113 e. The van der Waals surface area contributed by atoms with Gasteiger partial charge >= 0.3 is 0 Å². The Morgan fingerprint density at radius 3 is 2.50 bits per heavy atom. The van der Waals surface area contributed by atoms with Crippen LogP contribution in [0.3, 0.4) is 0 Å². The van der Waals surface area contributed by atoms with Crippen molar-refractivity contribution in [1.82, 2.24) is 15.0 Å². The molecule has 90 valence electrons. The van der Waals surface area contributed by atoms with E-state index in [9.17, 15) is 0 Å². The zero-order chi connectivity index (χ0) is 12.4. The van der Waals surface area contributed by atoms with Crippen LogP contribution in [0.1, 0.15) is 11.1 Å². The predicted molar refractivity (Wildman–Crippen MR) is 72.6 cm³/mol. The second-order valence-electron chi connectivity index (χ2n) is 4.14. The molecular weight excluding hydrogens is 246 g/mol. The van der Waals surface area contributed by atoms with Crippen molar-refractivity contribution in [2.75, 3.05) is 0 Å². The molecule has 0 spiro atoms. The molecule has 0 fully saturated rings. The van der Waals surface area contributed by atoms with Gasteiger partial charge < -0.3 is 0 Å². The molecule has 0 radical (unpaired) electrons. The lowest BCUT2D eigenvalue weighted by atomic mass is 10.1. The van der Waals surface area contributed by atoms with Gasteiger partial charge in [-0.05, 0) is 23.3 Å². The van der Waals surface area contributed by atoms with Gasteiger partial charge in [0.15, 0.2) is 0 Å². The SMILES string of the molecule is ClCc1ccccc1Cn1nnc2ccccc21. The molecule has 0 bridgehead atoms. The maximum Gasteiger partial charge on any atom is 0.113 e. The minimum Gasteiger partial charge on any atom is -0.240 e. The molecule has 1 aromatic heterocycles. The third-order valence-electron chi connectivity index (χ3n) is 3.00. The van der Waals surface area contributed by atoms with Gasteiger partial charge in [0.25, 0.3) is 0 Å². The van der Waals surface area contributed by atoms with Crippen molar-refractivity contribution >= 4 is 22.6 Å².